The topological polar surface area (TPSA) is 24.4 Å². The Morgan fingerprint density at radius 1 is 1.05 bits per heavy atom. The van der Waals surface area contributed by atoms with Crippen LogP contribution in [0.3, 0.4) is 0 Å². The maximum absolute atomic E-state index is 12.8. The van der Waals surface area contributed by atoms with E-state index in [4.69, 9.17) is 0 Å². The van der Waals surface area contributed by atoms with E-state index in [1.54, 1.807) is 23.9 Å². The molecule has 2 nitrogen and oxygen atoms in total. The van der Waals surface area contributed by atoms with Crippen LogP contribution in [-0.4, -0.2) is 17.0 Å². The zero-order chi connectivity index (χ0) is 14.5. The van der Waals surface area contributed by atoms with Crippen molar-refractivity contribution in [3.63, 3.8) is 0 Å². The molecule has 21 heavy (non-hydrogen) atoms. The summed E-state index contributed by atoms with van der Waals surface area (Å²) in [7, 11) is 0. The van der Waals surface area contributed by atoms with Crippen molar-refractivity contribution in [2.24, 2.45) is 4.99 Å². The van der Waals surface area contributed by atoms with Crippen molar-refractivity contribution in [2.45, 2.75) is 19.0 Å². The Labute approximate surface area is 128 Å². The number of rotatable bonds is 4. The van der Waals surface area contributed by atoms with Crippen molar-refractivity contribution in [3.05, 3.63) is 71.5 Å². The molecule has 2 aromatic carbocycles. The fraction of sp³-hybridized carbons (Fsp3) is 0.235. The third-order valence-corrected chi connectivity index (χ3v) is 4.48. The smallest absolute Gasteiger partial charge is 0.157 e. The summed E-state index contributed by atoms with van der Waals surface area (Å²) >= 11 is 1.76. The van der Waals surface area contributed by atoms with Gasteiger partial charge in [-0.15, -0.1) is 0 Å². The molecule has 0 amide bonds. The van der Waals surface area contributed by atoms with Gasteiger partial charge in [-0.1, -0.05) is 54.2 Å². The van der Waals surface area contributed by atoms with E-state index in [0.29, 0.717) is 12.6 Å². The highest BCUT2D eigenvalue weighted by molar-refractivity contribution is 8.14. The Kier molecular flexibility index (Phi) is 4.55. The SMILES string of the molecule is Fc1ccc(CN=C2NC(Cc3ccccc3)CS2)cc1. The van der Waals surface area contributed by atoms with Crippen molar-refractivity contribution in [1.29, 1.82) is 0 Å². The van der Waals surface area contributed by atoms with Gasteiger partial charge < -0.3 is 5.32 Å². The van der Waals surface area contributed by atoms with Gasteiger partial charge >= 0.3 is 0 Å². The average molecular weight is 300 g/mol. The van der Waals surface area contributed by atoms with Gasteiger partial charge in [0.2, 0.25) is 0 Å². The molecule has 3 rings (SSSR count). The van der Waals surface area contributed by atoms with Crippen LogP contribution in [0.15, 0.2) is 59.6 Å². The number of aliphatic imine (C=N–C) groups is 1. The summed E-state index contributed by atoms with van der Waals surface area (Å²) in [6.07, 6.45) is 1.02. The summed E-state index contributed by atoms with van der Waals surface area (Å²) in [5.74, 6) is 0.833. The second kappa shape index (κ2) is 6.76. The minimum atomic E-state index is -0.206. The number of thioether (sulfide) groups is 1. The van der Waals surface area contributed by atoms with E-state index < -0.39 is 0 Å². The fourth-order valence-corrected chi connectivity index (χ4v) is 3.26. The first-order chi connectivity index (χ1) is 10.3. The summed E-state index contributed by atoms with van der Waals surface area (Å²) in [4.78, 5) is 4.56. The number of halogens is 1. The monoisotopic (exact) mass is 300 g/mol. The van der Waals surface area contributed by atoms with Crippen LogP contribution in [0.5, 0.6) is 0 Å². The van der Waals surface area contributed by atoms with Crippen LogP contribution in [0.1, 0.15) is 11.1 Å². The van der Waals surface area contributed by atoms with Gasteiger partial charge in [-0.05, 0) is 29.7 Å². The van der Waals surface area contributed by atoms with Gasteiger partial charge in [0.25, 0.3) is 0 Å². The van der Waals surface area contributed by atoms with E-state index in [1.165, 1.54) is 17.7 Å². The molecule has 1 saturated heterocycles. The molecular weight excluding hydrogens is 283 g/mol. The van der Waals surface area contributed by atoms with E-state index in [2.05, 4.69) is 34.6 Å². The number of nitrogens with zero attached hydrogens (tertiary/aromatic N) is 1. The van der Waals surface area contributed by atoms with Gasteiger partial charge in [0.1, 0.15) is 5.82 Å². The molecule has 4 heteroatoms. The number of benzene rings is 2. The minimum absolute atomic E-state index is 0.206. The van der Waals surface area contributed by atoms with Gasteiger partial charge in [0, 0.05) is 11.8 Å². The molecule has 1 fully saturated rings. The third kappa shape index (κ3) is 4.08. The third-order valence-electron chi connectivity index (χ3n) is 3.39. The molecule has 0 radical (unpaired) electrons. The second-order valence-electron chi connectivity index (χ2n) is 5.09. The number of hydrogen-bond acceptors (Lipinski definition) is 2. The minimum Gasteiger partial charge on any atom is -0.361 e. The van der Waals surface area contributed by atoms with Crippen LogP contribution in [0.25, 0.3) is 0 Å². The van der Waals surface area contributed by atoms with E-state index >= 15 is 0 Å². The van der Waals surface area contributed by atoms with E-state index in [0.717, 1.165) is 22.9 Å². The van der Waals surface area contributed by atoms with Crippen LogP contribution in [0.4, 0.5) is 4.39 Å². The van der Waals surface area contributed by atoms with Crippen molar-refractivity contribution >= 4 is 16.9 Å². The first kappa shape index (κ1) is 14.1. The number of nitrogens with one attached hydrogen (secondary N) is 1. The van der Waals surface area contributed by atoms with Crippen molar-refractivity contribution in [1.82, 2.24) is 5.32 Å². The summed E-state index contributed by atoms with van der Waals surface area (Å²) in [6.45, 7) is 0.591. The van der Waals surface area contributed by atoms with Crippen LogP contribution < -0.4 is 5.32 Å². The quantitative estimate of drug-likeness (QED) is 0.932. The van der Waals surface area contributed by atoms with E-state index in [1.807, 2.05) is 6.07 Å². The predicted octanol–water partition coefficient (Wildman–Crippen LogP) is 3.63. The molecule has 0 bridgehead atoms. The maximum Gasteiger partial charge on any atom is 0.157 e. The molecule has 0 aliphatic carbocycles. The largest absolute Gasteiger partial charge is 0.361 e. The lowest BCUT2D eigenvalue weighted by Gasteiger charge is -2.09. The molecule has 1 heterocycles. The Morgan fingerprint density at radius 2 is 1.81 bits per heavy atom. The highest BCUT2D eigenvalue weighted by atomic mass is 32.2. The molecule has 108 valence electrons. The van der Waals surface area contributed by atoms with Gasteiger partial charge in [-0.3, -0.25) is 4.99 Å². The van der Waals surface area contributed by atoms with E-state index in [-0.39, 0.29) is 5.82 Å². The molecule has 0 spiro atoms. The summed E-state index contributed by atoms with van der Waals surface area (Å²) in [5.41, 5.74) is 2.37. The molecule has 2 aromatic rings. The molecule has 0 aromatic heterocycles. The van der Waals surface area contributed by atoms with Crippen molar-refractivity contribution in [3.8, 4) is 0 Å². The van der Waals surface area contributed by atoms with Crippen LogP contribution in [0.2, 0.25) is 0 Å². The van der Waals surface area contributed by atoms with E-state index in [9.17, 15) is 4.39 Å². The highest BCUT2D eigenvalue weighted by Crippen LogP contribution is 2.18. The molecule has 1 unspecified atom stereocenters. The zero-order valence-corrected chi connectivity index (χ0v) is 12.4. The highest BCUT2D eigenvalue weighted by Gasteiger charge is 2.20. The summed E-state index contributed by atoms with van der Waals surface area (Å²) < 4.78 is 12.8. The molecule has 1 aliphatic heterocycles. The molecule has 0 saturated carbocycles. The Bertz CT molecular complexity index is 610. The average Bonchev–Trinajstić information content (AvgIpc) is 2.95. The summed E-state index contributed by atoms with van der Waals surface area (Å²) in [6, 6.07) is 17.4. The fourth-order valence-electron chi connectivity index (χ4n) is 2.29. The number of hydrogen-bond donors (Lipinski definition) is 1. The predicted molar refractivity (Wildman–Crippen MR) is 87.1 cm³/mol. The van der Waals surface area contributed by atoms with Gasteiger partial charge in [-0.2, -0.15) is 0 Å². The normalized spacial score (nSPS) is 19.7. The first-order valence-electron chi connectivity index (χ1n) is 7.02. The van der Waals surface area contributed by atoms with Crippen molar-refractivity contribution < 1.29 is 4.39 Å². The molecular formula is C17H17FN2S. The Hall–Kier alpha value is -1.81. The Morgan fingerprint density at radius 3 is 2.57 bits per heavy atom. The second-order valence-corrected chi connectivity index (χ2v) is 6.10. The Balaban J connectivity index is 1.54. The lowest BCUT2D eigenvalue weighted by molar-refractivity contribution is 0.627. The number of amidine groups is 1. The molecule has 1 aliphatic rings. The molecule has 1 atom stereocenters. The van der Waals surface area contributed by atoms with Crippen molar-refractivity contribution in [2.75, 3.05) is 5.75 Å². The van der Waals surface area contributed by atoms with Gasteiger partial charge in [-0.25, -0.2) is 4.39 Å². The standard InChI is InChI=1S/C17H17FN2S/c18-15-8-6-14(7-9-15)11-19-17-20-16(12-21-17)10-13-4-2-1-3-5-13/h1-9,16H,10-12H2,(H,19,20). The molecule has 1 N–H and O–H groups in total. The van der Waals surface area contributed by atoms with Crippen LogP contribution in [-0.2, 0) is 13.0 Å². The lowest BCUT2D eigenvalue weighted by atomic mass is 10.1. The first-order valence-corrected chi connectivity index (χ1v) is 8.00. The zero-order valence-electron chi connectivity index (χ0n) is 11.6. The van der Waals surface area contributed by atoms with Crippen LogP contribution >= 0.6 is 11.8 Å². The lowest BCUT2D eigenvalue weighted by Crippen LogP contribution is -2.29. The maximum atomic E-state index is 12.8. The van der Waals surface area contributed by atoms with Gasteiger partial charge in [0.15, 0.2) is 5.17 Å². The van der Waals surface area contributed by atoms with Crippen LogP contribution in [0, 0.1) is 5.82 Å². The van der Waals surface area contributed by atoms with Gasteiger partial charge in [0.05, 0.1) is 6.54 Å². The summed E-state index contributed by atoms with van der Waals surface area (Å²) in [5, 5.41) is 4.45.